The molecule has 0 aliphatic carbocycles. The van der Waals surface area contributed by atoms with Crippen molar-refractivity contribution in [3.05, 3.63) is 35.2 Å². The summed E-state index contributed by atoms with van der Waals surface area (Å²) in [5, 5.41) is 0. The van der Waals surface area contributed by atoms with E-state index >= 15 is 0 Å². The highest BCUT2D eigenvalue weighted by Gasteiger charge is 2.00. The quantitative estimate of drug-likeness (QED) is 0.885. The van der Waals surface area contributed by atoms with Crippen molar-refractivity contribution in [2.45, 2.75) is 6.61 Å². The third-order valence-electron chi connectivity index (χ3n) is 2.02. The van der Waals surface area contributed by atoms with E-state index in [9.17, 15) is 0 Å². The molecule has 0 radical (unpaired) electrons. The van der Waals surface area contributed by atoms with Gasteiger partial charge in [0.2, 0.25) is 0 Å². The van der Waals surface area contributed by atoms with Crippen molar-refractivity contribution < 1.29 is 9.47 Å². The molecule has 0 bridgehead atoms. The van der Waals surface area contributed by atoms with Crippen LogP contribution in [0.25, 0.3) is 0 Å². The number of hydrogen-bond acceptors (Lipinski definition) is 5. The molecule has 1 aromatic carbocycles. The van der Waals surface area contributed by atoms with Crippen LogP contribution < -0.4 is 15.2 Å². The van der Waals surface area contributed by atoms with Crippen molar-refractivity contribution in [3.8, 4) is 11.5 Å². The topological polar surface area (TPSA) is 57.4 Å². The molecule has 0 fully saturated rings. The van der Waals surface area contributed by atoms with Gasteiger partial charge < -0.3 is 15.2 Å². The Kier molecular flexibility index (Phi) is 3.26. The molecule has 0 unspecified atom stereocenters. The van der Waals surface area contributed by atoms with E-state index in [-0.39, 0.29) is 0 Å². The van der Waals surface area contributed by atoms with Crippen LogP contribution in [0.1, 0.15) is 4.88 Å². The molecule has 0 amide bonds. The average molecular weight is 236 g/mol. The normalized spacial score (nSPS) is 10.1. The molecule has 2 rings (SSSR count). The first-order valence-electron chi connectivity index (χ1n) is 4.76. The predicted molar refractivity (Wildman–Crippen MR) is 63.9 cm³/mol. The van der Waals surface area contributed by atoms with Gasteiger partial charge in [-0.1, -0.05) is 0 Å². The van der Waals surface area contributed by atoms with Gasteiger partial charge in [-0.05, 0) is 41.9 Å². The second-order valence-corrected chi connectivity index (χ2v) is 4.07. The Morgan fingerprint density at radius 1 is 1.25 bits per heavy atom. The molecular weight excluding hydrogens is 224 g/mol. The Balaban J connectivity index is 1.94. The summed E-state index contributed by atoms with van der Waals surface area (Å²) in [6, 6.07) is 9.26. The van der Waals surface area contributed by atoms with E-state index in [4.69, 9.17) is 15.2 Å². The molecule has 0 aliphatic rings. The first kappa shape index (κ1) is 10.8. The lowest BCUT2D eigenvalue weighted by molar-refractivity contribution is 0.309. The van der Waals surface area contributed by atoms with Crippen LogP contribution in [0.5, 0.6) is 11.5 Å². The molecule has 0 saturated heterocycles. The molecular formula is C11H12N2O2S. The molecule has 84 valence electrons. The maximum absolute atomic E-state index is 5.56. The summed E-state index contributed by atoms with van der Waals surface area (Å²) in [6.07, 6.45) is 0. The highest BCUT2D eigenvalue weighted by Crippen LogP contribution is 2.19. The summed E-state index contributed by atoms with van der Waals surface area (Å²) in [5.41, 5.74) is 5.51. The molecule has 1 heterocycles. The first-order chi connectivity index (χ1) is 7.78. The number of ether oxygens (including phenoxy) is 2. The molecule has 16 heavy (non-hydrogen) atoms. The van der Waals surface area contributed by atoms with E-state index in [0.717, 1.165) is 16.4 Å². The standard InChI is InChI=1S/C11H12N2O2S/c1-14-8-2-4-9(5-3-8)15-7-10-6-11(12)13-16-10/h2-6H,7H2,1H3,(H2,12,13). The molecule has 1 aromatic heterocycles. The summed E-state index contributed by atoms with van der Waals surface area (Å²) in [4.78, 5) is 1.01. The predicted octanol–water partition coefficient (Wildman–Crippen LogP) is 2.31. The van der Waals surface area contributed by atoms with E-state index < -0.39 is 0 Å². The molecule has 0 atom stereocenters. The van der Waals surface area contributed by atoms with Crippen molar-refractivity contribution in [1.82, 2.24) is 4.37 Å². The summed E-state index contributed by atoms with van der Waals surface area (Å²) in [7, 11) is 1.63. The summed E-state index contributed by atoms with van der Waals surface area (Å²) in [5.74, 6) is 2.15. The van der Waals surface area contributed by atoms with Gasteiger partial charge in [0.1, 0.15) is 23.9 Å². The minimum absolute atomic E-state index is 0.487. The van der Waals surface area contributed by atoms with Crippen LogP contribution in [-0.2, 0) is 6.61 Å². The summed E-state index contributed by atoms with van der Waals surface area (Å²) < 4.78 is 14.6. The molecule has 5 heteroatoms. The van der Waals surface area contributed by atoms with Crippen molar-refractivity contribution in [2.75, 3.05) is 12.8 Å². The van der Waals surface area contributed by atoms with Crippen molar-refractivity contribution in [3.63, 3.8) is 0 Å². The highest BCUT2D eigenvalue weighted by molar-refractivity contribution is 7.06. The van der Waals surface area contributed by atoms with Crippen LogP contribution in [0.2, 0.25) is 0 Å². The molecule has 4 nitrogen and oxygen atoms in total. The van der Waals surface area contributed by atoms with Gasteiger partial charge in [-0.3, -0.25) is 0 Å². The van der Waals surface area contributed by atoms with Gasteiger partial charge in [0.15, 0.2) is 0 Å². The number of aromatic nitrogens is 1. The van der Waals surface area contributed by atoms with Gasteiger partial charge in [0, 0.05) is 0 Å². The summed E-state index contributed by atoms with van der Waals surface area (Å²) >= 11 is 1.35. The number of methoxy groups -OCH3 is 1. The third-order valence-corrected chi connectivity index (χ3v) is 2.79. The number of nitrogens with two attached hydrogens (primary N) is 1. The first-order valence-corrected chi connectivity index (χ1v) is 5.53. The van der Waals surface area contributed by atoms with E-state index in [1.54, 1.807) is 7.11 Å². The van der Waals surface area contributed by atoms with Crippen LogP contribution in [0.4, 0.5) is 5.82 Å². The number of hydrogen-bond donors (Lipinski definition) is 1. The Morgan fingerprint density at radius 2 is 1.94 bits per heavy atom. The Morgan fingerprint density at radius 3 is 2.50 bits per heavy atom. The zero-order chi connectivity index (χ0) is 11.4. The number of nitrogen functional groups attached to an aromatic ring is 1. The fourth-order valence-corrected chi connectivity index (χ4v) is 1.78. The molecule has 2 N–H and O–H groups in total. The van der Waals surface area contributed by atoms with Gasteiger partial charge in [-0.15, -0.1) is 0 Å². The maximum atomic E-state index is 5.56. The molecule has 0 spiro atoms. The van der Waals surface area contributed by atoms with E-state index in [1.165, 1.54) is 11.5 Å². The van der Waals surface area contributed by atoms with E-state index in [0.29, 0.717) is 12.4 Å². The van der Waals surface area contributed by atoms with Crippen LogP contribution >= 0.6 is 11.5 Å². The largest absolute Gasteiger partial charge is 0.497 e. The van der Waals surface area contributed by atoms with Crippen molar-refractivity contribution in [2.24, 2.45) is 0 Å². The minimum Gasteiger partial charge on any atom is -0.497 e. The van der Waals surface area contributed by atoms with Crippen LogP contribution in [0.15, 0.2) is 30.3 Å². The number of rotatable bonds is 4. The van der Waals surface area contributed by atoms with Gasteiger partial charge in [0.05, 0.1) is 12.0 Å². The lowest BCUT2D eigenvalue weighted by Gasteiger charge is -2.04. The average Bonchev–Trinajstić information content (AvgIpc) is 2.73. The molecule has 0 aliphatic heterocycles. The zero-order valence-electron chi connectivity index (χ0n) is 8.84. The summed E-state index contributed by atoms with van der Waals surface area (Å²) in [6.45, 7) is 0.487. The van der Waals surface area contributed by atoms with Gasteiger partial charge in [-0.2, -0.15) is 4.37 Å². The SMILES string of the molecule is COc1ccc(OCc2cc(N)ns2)cc1. The number of benzene rings is 1. The molecule has 2 aromatic rings. The van der Waals surface area contributed by atoms with Gasteiger partial charge in [-0.25, -0.2) is 0 Å². The second kappa shape index (κ2) is 4.85. The van der Waals surface area contributed by atoms with Gasteiger partial charge in [0.25, 0.3) is 0 Å². The van der Waals surface area contributed by atoms with Crippen molar-refractivity contribution >= 4 is 17.4 Å². The van der Waals surface area contributed by atoms with Gasteiger partial charge >= 0.3 is 0 Å². The monoisotopic (exact) mass is 236 g/mol. The number of nitrogens with zero attached hydrogens (tertiary/aromatic N) is 1. The molecule has 0 saturated carbocycles. The zero-order valence-corrected chi connectivity index (χ0v) is 9.66. The third kappa shape index (κ3) is 2.64. The lowest BCUT2D eigenvalue weighted by Crippen LogP contribution is -1.93. The Bertz CT molecular complexity index is 453. The Labute approximate surface area is 97.8 Å². The smallest absolute Gasteiger partial charge is 0.137 e. The Hall–Kier alpha value is -1.75. The van der Waals surface area contributed by atoms with Crippen LogP contribution in [-0.4, -0.2) is 11.5 Å². The lowest BCUT2D eigenvalue weighted by atomic mass is 10.3. The highest BCUT2D eigenvalue weighted by atomic mass is 32.1. The van der Waals surface area contributed by atoms with E-state index in [1.807, 2.05) is 30.3 Å². The maximum Gasteiger partial charge on any atom is 0.137 e. The minimum atomic E-state index is 0.487. The van der Waals surface area contributed by atoms with Crippen LogP contribution in [0, 0.1) is 0 Å². The van der Waals surface area contributed by atoms with Crippen LogP contribution in [0.3, 0.4) is 0 Å². The fraction of sp³-hybridized carbons (Fsp3) is 0.182. The van der Waals surface area contributed by atoms with Crippen molar-refractivity contribution in [1.29, 1.82) is 0 Å². The second-order valence-electron chi connectivity index (χ2n) is 3.18. The fourth-order valence-electron chi connectivity index (χ4n) is 1.22. The number of anilines is 1. The van der Waals surface area contributed by atoms with E-state index in [2.05, 4.69) is 4.37 Å².